The Labute approximate surface area is 150 Å². The number of likely N-dealkylation sites (tertiary alicyclic amines) is 1. The van der Waals surface area contributed by atoms with Gasteiger partial charge in [-0.25, -0.2) is 0 Å². The third-order valence-electron chi connectivity index (χ3n) is 5.50. The van der Waals surface area contributed by atoms with Crippen molar-refractivity contribution in [2.75, 3.05) is 20.2 Å². The fourth-order valence-electron chi connectivity index (χ4n) is 3.95. The van der Waals surface area contributed by atoms with E-state index in [2.05, 4.69) is 54.9 Å². The molecule has 3 heterocycles. The highest BCUT2D eigenvalue weighted by Gasteiger charge is 2.30. The van der Waals surface area contributed by atoms with Crippen LogP contribution in [0.3, 0.4) is 0 Å². The van der Waals surface area contributed by atoms with Crippen molar-refractivity contribution in [1.82, 2.24) is 15.0 Å². The minimum absolute atomic E-state index is 0.215. The highest BCUT2D eigenvalue weighted by molar-refractivity contribution is 5.24. The van der Waals surface area contributed by atoms with Gasteiger partial charge >= 0.3 is 0 Å². The average molecular weight is 343 g/mol. The summed E-state index contributed by atoms with van der Waals surface area (Å²) in [6, 6.07) is 6.59. The summed E-state index contributed by atoms with van der Waals surface area (Å²) in [5.74, 6) is 2.59. The van der Waals surface area contributed by atoms with Crippen LogP contribution in [0.5, 0.6) is 5.88 Å². The number of aromatic nitrogens is 2. The molecular formula is C20H29N3O2. The van der Waals surface area contributed by atoms with Crippen LogP contribution in [0.1, 0.15) is 61.4 Å². The van der Waals surface area contributed by atoms with Gasteiger partial charge in [0.25, 0.3) is 5.88 Å². The maximum absolute atomic E-state index is 5.46. The molecule has 0 aromatic carbocycles. The molecule has 0 saturated carbocycles. The Morgan fingerprint density at radius 3 is 2.56 bits per heavy atom. The molecule has 1 unspecified atom stereocenters. The first-order chi connectivity index (χ1) is 12.0. The normalized spacial score (nSPS) is 21.1. The molecule has 3 atom stereocenters. The van der Waals surface area contributed by atoms with Crippen molar-refractivity contribution in [1.29, 1.82) is 0 Å². The smallest absolute Gasteiger partial charge is 0.254 e. The van der Waals surface area contributed by atoms with Crippen LogP contribution in [0, 0.1) is 19.8 Å². The van der Waals surface area contributed by atoms with E-state index in [1.54, 1.807) is 7.11 Å². The third-order valence-corrected chi connectivity index (χ3v) is 5.50. The minimum Gasteiger partial charge on any atom is -0.479 e. The SMILES string of the molecule is COc1cc(C(C)N2CCC[C@H]([C@H](C)c3cc(C)nc(C)c3)C2)on1. The van der Waals surface area contributed by atoms with Crippen molar-refractivity contribution in [3.63, 3.8) is 0 Å². The largest absolute Gasteiger partial charge is 0.479 e. The van der Waals surface area contributed by atoms with Crippen LogP contribution in [0.4, 0.5) is 0 Å². The van der Waals surface area contributed by atoms with Gasteiger partial charge in [-0.1, -0.05) is 6.92 Å². The summed E-state index contributed by atoms with van der Waals surface area (Å²) in [5, 5.41) is 3.94. The van der Waals surface area contributed by atoms with Crippen molar-refractivity contribution in [2.24, 2.45) is 5.92 Å². The van der Waals surface area contributed by atoms with E-state index in [4.69, 9.17) is 9.26 Å². The number of piperidine rings is 1. The van der Waals surface area contributed by atoms with Crippen molar-refractivity contribution < 1.29 is 9.26 Å². The molecule has 0 N–H and O–H groups in total. The predicted octanol–water partition coefficient (Wildman–Crippen LogP) is 4.27. The van der Waals surface area contributed by atoms with Gasteiger partial charge < -0.3 is 9.26 Å². The van der Waals surface area contributed by atoms with E-state index >= 15 is 0 Å². The molecule has 1 aliphatic heterocycles. The summed E-state index contributed by atoms with van der Waals surface area (Å²) in [5.41, 5.74) is 3.62. The molecule has 0 radical (unpaired) electrons. The third kappa shape index (κ3) is 4.03. The summed E-state index contributed by atoms with van der Waals surface area (Å²) < 4.78 is 10.6. The first-order valence-electron chi connectivity index (χ1n) is 9.17. The second-order valence-corrected chi connectivity index (χ2v) is 7.32. The Morgan fingerprint density at radius 1 is 1.20 bits per heavy atom. The zero-order chi connectivity index (χ0) is 18.0. The van der Waals surface area contributed by atoms with E-state index in [0.29, 0.717) is 17.7 Å². The lowest BCUT2D eigenvalue weighted by Crippen LogP contribution is -2.38. The molecule has 25 heavy (non-hydrogen) atoms. The van der Waals surface area contributed by atoms with Gasteiger partial charge in [-0.3, -0.25) is 9.88 Å². The van der Waals surface area contributed by atoms with Gasteiger partial charge in [0, 0.05) is 24.0 Å². The van der Waals surface area contributed by atoms with Gasteiger partial charge in [0.15, 0.2) is 5.76 Å². The maximum Gasteiger partial charge on any atom is 0.254 e. The molecule has 1 saturated heterocycles. The molecule has 3 rings (SSSR count). The van der Waals surface area contributed by atoms with E-state index in [-0.39, 0.29) is 6.04 Å². The second-order valence-electron chi connectivity index (χ2n) is 7.32. The highest BCUT2D eigenvalue weighted by Crippen LogP contribution is 2.35. The van der Waals surface area contributed by atoms with E-state index in [1.807, 2.05) is 6.07 Å². The quantitative estimate of drug-likeness (QED) is 0.811. The first kappa shape index (κ1) is 17.9. The van der Waals surface area contributed by atoms with Crippen LogP contribution in [-0.2, 0) is 0 Å². The molecule has 0 amide bonds. The van der Waals surface area contributed by atoms with Crippen LogP contribution in [0.25, 0.3) is 0 Å². The van der Waals surface area contributed by atoms with Crippen LogP contribution in [-0.4, -0.2) is 35.2 Å². The first-order valence-corrected chi connectivity index (χ1v) is 9.17. The Hall–Kier alpha value is -1.88. The van der Waals surface area contributed by atoms with Gasteiger partial charge in [0.2, 0.25) is 0 Å². The molecule has 1 fully saturated rings. The maximum atomic E-state index is 5.46. The zero-order valence-corrected chi connectivity index (χ0v) is 16.0. The Balaban J connectivity index is 1.71. The molecule has 0 aliphatic carbocycles. The summed E-state index contributed by atoms with van der Waals surface area (Å²) in [7, 11) is 1.61. The zero-order valence-electron chi connectivity index (χ0n) is 16.0. The summed E-state index contributed by atoms with van der Waals surface area (Å²) >= 11 is 0. The second kappa shape index (κ2) is 7.56. The summed E-state index contributed by atoms with van der Waals surface area (Å²) in [6.07, 6.45) is 2.48. The summed E-state index contributed by atoms with van der Waals surface area (Å²) in [4.78, 5) is 7.02. The monoisotopic (exact) mass is 343 g/mol. The van der Waals surface area contributed by atoms with Crippen molar-refractivity contribution in [3.8, 4) is 5.88 Å². The van der Waals surface area contributed by atoms with E-state index < -0.39 is 0 Å². The van der Waals surface area contributed by atoms with Crippen LogP contribution in [0.2, 0.25) is 0 Å². The van der Waals surface area contributed by atoms with Gasteiger partial charge in [-0.2, -0.15) is 0 Å². The van der Waals surface area contributed by atoms with E-state index in [1.165, 1.54) is 18.4 Å². The van der Waals surface area contributed by atoms with Crippen LogP contribution < -0.4 is 4.74 Å². The molecule has 0 spiro atoms. The molecule has 0 bridgehead atoms. The van der Waals surface area contributed by atoms with Crippen LogP contribution in [0.15, 0.2) is 22.7 Å². The van der Waals surface area contributed by atoms with Gasteiger partial charge in [-0.15, -0.1) is 0 Å². The number of pyridine rings is 1. The minimum atomic E-state index is 0.215. The summed E-state index contributed by atoms with van der Waals surface area (Å²) in [6.45, 7) is 10.9. The van der Waals surface area contributed by atoms with Crippen LogP contribution >= 0.6 is 0 Å². The Bertz CT molecular complexity index is 692. The topological polar surface area (TPSA) is 51.4 Å². The Kier molecular flexibility index (Phi) is 5.42. The number of hydrogen-bond donors (Lipinski definition) is 0. The number of ether oxygens (including phenoxy) is 1. The number of hydrogen-bond acceptors (Lipinski definition) is 5. The average Bonchev–Trinajstić information content (AvgIpc) is 3.09. The molecular weight excluding hydrogens is 314 g/mol. The number of methoxy groups -OCH3 is 1. The van der Waals surface area contributed by atoms with Crippen molar-refractivity contribution in [2.45, 2.75) is 52.5 Å². The van der Waals surface area contributed by atoms with Crippen molar-refractivity contribution >= 4 is 0 Å². The van der Waals surface area contributed by atoms with Gasteiger partial charge in [-0.05, 0) is 74.8 Å². The highest BCUT2D eigenvalue weighted by atomic mass is 16.5. The fraction of sp³-hybridized carbons (Fsp3) is 0.600. The standard InChI is InChI=1S/C20H29N3O2/c1-13-9-18(10-14(2)21-13)15(3)17-7-6-8-23(12-17)16(4)19-11-20(24-5)22-25-19/h9-11,15-17H,6-8,12H2,1-5H3/t15-,16?,17-/m0/s1. The molecule has 2 aromatic heterocycles. The lowest BCUT2D eigenvalue weighted by molar-refractivity contribution is 0.105. The Morgan fingerprint density at radius 2 is 1.92 bits per heavy atom. The number of aryl methyl sites for hydroxylation is 2. The van der Waals surface area contributed by atoms with Gasteiger partial charge in [0.1, 0.15) is 0 Å². The molecule has 5 nitrogen and oxygen atoms in total. The van der Waals surface area contributed by atoms with E-state index in [0.717, 1.165) is 30.2 Å². The number of nitrogens with zero attached hydrogens (tertiary/aromatic N) is 3. The molecule has 1 aliphatic rings. The lowest BCUT2D eigenvalue weighted by Gasteiger charge is -2.38. The number of rotatable bonds is 5. The lowest BCUT2D eigenvalue weighted by atomic mass is 9.81. The molecule has 136 valence electrons. The van der Waals surface area contributed by atoms with E-state index in [9.17, 15) is 0 Å². The fourth-order valence-corrected chi connectivity index (χ4v) is 3.95. The van der Waals surface area contributed by atoms with Crippen molar-refractivity contribution in [3.05, 3.63) is 40.9 Å². The molecule has 5 heteroatoms. The van der Waals surface area contributed by atoms with Gasteiger partial charge in [0.05, 0.1) is 13.2 Å². The predicted molar refractivity (Wildman–Crippen MR) is 97.9 cm³/mol. The molecule has 2 aromatic rings.